The van der Waals surface area contributed by atoms with Crippen LogP contribution in [-0.4, -0.2) is 60.4 Å². The number of nitrogens with two attached hydrogens (primary N) is 1. The fourth-order valence-electron chi connectivity index (χ4n) is 5.30. The first-order valence-corrected chi connectivity index (χ1v) is 10.7. The molecule has 1 aromatic rings. The van der Waals surface area contributed by atoms with Crippen molar-refractivity contribution in [3.8, 4) is 0 Å². The largest absolute Gasteiger partial charge is 0.340 e. The summed E-state index contributed by atoms with van der Waals surface area (Å²) in [5, 5.41) is 2.93. The van der Waals surface area contributed by atoms with Crippen LogP contribution < -0.4 is 11.1 Å². The van der Waals surface area contributed by atoms with E-state index in [9.17, 15) is 9.59 Å². The average molecular weight is 385 g/mol. The molecule has 2 bridgehead atoms. The molecule has 2 unspecified atom stereocenters. The molecule has 2 amide bonds. The monoisotopic (exact) mass is 384 g/mol. The van der Waals surface area contributed by atoms with Crippen molar-refractivity contribution in [2.24, 2.45) is 23.5 Å². The number of amides is 2. The first-order chi connectivity index (χ1) is 13.6. The molecular formula is C22H32N4O2. The van der Waals surface area contributed by atoms with Gasteiger partial charge in [0, 0.05) is 43.8 Å². The van der Waals surface area contributed by atoms with Crippen molar-refractivity contribution < 1.29 is 9.59 Å². The molecule has 6 nitrogen and oxygen atoms in total. The maximum atomic E-state index is 13.0. The first kappa shape index (κ1) is 19.4. The van der Waals surface area contributed by atoms with Crippen molar-refractivity contribution in [3.63, 3.8) is 0 Å². The van der Waals surface area contributed by atoms with Crippen LogP contribution in [0.5, 0.6) is 0 Å². The third kappa shape index (κ3) is 4.39. The zero-order valence-electron chi connectivity index (χ0n) is 16.6. The molecule has 0 aromatic heterocycles. The zero-order chi connectivity index (χ0) is 19.5. The lowest BCUT2D eigenvalue weighted by atomic mass is 9.65. The lowest BCUT2D eigenvalue weighted by molar-refractivity contribution is -0.140. The Hall–Kier alpha value is -1.92. The topological polar surface area (TPSA) is 78.7 Å². The van der Waals surface area contributed by atoms with Gasteiger partial charge >= 0.3 is 0 Å². The van der Waals surface area contributed by atoms with Crippen molar-refractivity contribution in [1.82, 2.24) is 9.80 Å². The molecule has 6 heteroatoms. The predicted molar refractivity (Wildman–Crippen MR) is 110 cm³/mol. The van der Waals surface area contributed by atoms with Gasteiger partial charge in [-0.3, -0.25) is 14.5 Å². The Balaban J connectivity index is 1.24. The van der Waals surface area contributed by atoms with E-state index in [4.69, 9.17) is 5.73 Å². The quantitative estimate of drug-likeness (QED) is 0.831. The van der Waals surface area contributed by atoms with Crippen LogP contribution in [-0.2, 0) is 9.59 Å². The molecule has 3 N–H and O–H groups in total. The zero-order valence-corrected chi connectivity index (χ0v) is 16.6. The molecule has 0 spiro atoms. The highest BCUT2D eigenvalue weighted by molar-refractivity contribution is 5.92. The molecule has 1 aromatic carbocycles. The van der Waals surface area contributed by atoms with Crippen molar-refractivity contribution >= 4 is 17.5 Å². The Morgan fingerprint density at radius 1 is 1.00 bits per heavy atom. The van der Waals surface area contributed by atoms with Gasteiger partial charge in [-0.1, -0.05) is 24.6 Å². The minimum absolute atomic E-state index is 0.0000647. The Bertz CT molecular complexity index is 673. The summed E-state index contributed by atoms with van der Waals surface area (Å²) in [5.41, 5.74) is 7.20. The van der Waals surface area contributed by atoms with E-state index in [0.29, 0.717) is 30.3 Å². The lowest BCUT2D eigenvalue weighted by Gasteiger charge is -2.45. The molecule has 152 valence electrons. The second-order valence-electron chi connectivity index (χ2n) is 8.71. The molecule has 2 atom stereocenters. The van der Waals surface area contributed by atoms with Crippen LogP contribution in [0.15, 0.2) is 30.3 Å². The molecule has 1 heterocycles. The molecular weight excluding hydrogens is 352 g/mol. The summed E-state index contributed by atoms with van der Waals surface area (Å²) < 4.78 is 0. The van der Waals surface area contributed by atoms with E-state index in [0.717, 1.165) is 44.7 Å². The van der Waals surface area contributed by atoms with Gasteiger partial charge in [0.15, 0.2) is 0 Å². The van der Waals surface area contributed by atoms with E-state index in [1.54, 1.807) is 0 Å². The number of benzene rings is 1. The van der Waals surface area contributed by atoms with Crippen LogP contribution in [0, 0.1) is 17.8 Å². The van der Waals surface area contributed by atoms with Crippen LogP contribution in [0.2, 0.25) is 0 Å². The van der Waals surface area contributed by atoms with Gasteiger partial charge in [-0.15, -0.1) is 0 Å². The number of fused-ring (bicyclic) bond motifs is 2. The summed E-state index contributed by atoms with van der Waals surface area (Å²) in [5.74, 6) is 1.54. The second kappa shape index (κ2) is 8.62. The minimum atomic E-state index is 0.0000647. The SMILES string of the molecule is NC1C2CCCC1CC(C(=O)N1CCN(CC(=O)Nc3ccccc3)CC1)C2. The number of hydrogen-bond donors (Lipinski definition) is 2. The molecule has 4 rings (SSSR count). The van der Waals surface area contributed by atoms with Gasteiger partial charge in [-0.25, -0.2) is 0 Å². The van der Waals surface area contributed by atoms with Gasteiger partial charge in [0.25, 0.3) is 0 Å². The van der Waals surface area contributed by atoms with Gasteiger partial charge in [-0.05, 0) is 49.7 Å². The summed E-state index contributed by atoms with van der Waals surface area (Å²) >= 11 is 0. The molecule has 1 aliphatic heterocycles. The number of piperazine rings is 1. The Kier molecular flexibility index (Phi) is 5.97. The highest BCUT2D eigenvalue weighted by Gasteiger charge is 2.41. The summed E-state index contributed by atoms with van der Waals surface area (Å²) in [4.78, 5) is 29.4. The maximum absolute atomic E-state index is 13.0. The second-order valence-corrected chi connectivity index (χ2v) is 8.71. The Labute approximate surface area is 167 Å². The number of nitrogens with zero attached hydrogens (tertiary/aromatic N) is 2. The Morgan fingerprint density at radius 3 is 2.29 bits per heavy atom. The Morgan fingerprint density at radius 2 is 1.64 bits per heavy atom. The van der Waals surface area contributed by atoms with E-state index in [1.807, 2.05) is 35.2 Å². The number of anilines is 1. The van der Waals surface area contributed by atoms with Gasteiger partial charge in [-0.2, -0.15) is 0 Å². The number of rotatable bonds is 4. The lowest BCUT2D eigenvalue weighted by Crippen LogP contribution is -2.54. The molecule has 2 saturated carbocycles. The minimum Gasteiger partial charge on any atom is -0.340 e. The van der Waals surface area contributed by atoms with E-state index in [1.165, 1.54) is 19.3 Å². The maximum Gasteiger partial charge on any atom is 0.238 e. The van der Waals surface area contributed by atoms with Crippen LogP contribution in [0.1, 0.15) is 32.1 Å². The van der Waals surface area contributed by atoms with Crippen molar-refractivity contribution in [1.29, 1.82) is 0 Å². The number of carbonyl (C=O) groups is 2. The van der Waals surface area contributed by atoms with Crippen LogP contribution in [0.25, 0.3) is 0 Å². The van der Waals surface area contributed by atoms with Crippen LogP contribution in [0.3, 0.4) is 0 Å². The van der Waals surface area contributed by atoms with Gasteiger partial charge < -0.3 is 16.0 Å². The third-order valence-electron chi connectivity index (χ3n) is 6.87. The fraction of sp³-hybridized carbons (Fsp3) is 0.636. The summed E-state index contributed by atoms with van der Waals surface area (Å²) in [6.45, 7) is 3.32. The number of carbonyl (C=O) groups excluding carboxylic acids is 2. The molecule has 0 radical (unpaired) electrons. The number of para-hydroxylation sites is 1. The standard InChI is InChI=1S/C22H32N4O2/c23-21-16-5-4-6-17(21)14-18(13-16)22(28)26-11-9-25(10-12-26)15-20(27)24-19-7-2-1-3-8-19/h1-3,7-8,16-18,21H,4-6,9-15,23H2,(H,24,27). The van der Waals surface area contributed by atoms with Crippen LogP contribution >= 0.6 is 0 Å². The van der Waals surface area contributed by atoms with Crippen molar-refractivity contribution in [3.05, 3.63) is 30.3 Å². The van der Waals surface area contributed by atoms with Gasteiger partial charge in [0.2, 0.25) is 11.8 Å². The predicted octanol–water partition coefficient (Wildman–Crippen LogP) is 1.92. The third-order valence-corrected chi connectivity index (χ3v) is 6.87. The van der Waals surface area contributed by atoms with E-state index in [-0.39, 0.29) is 11.8 Å². The highest BCUT2D eigenvalue weighted by Crippen LogP contribution is 2.42. The van der Waals surface area contributed by atoms with Gasteiger partial charge in [0.05, 0.1) is 6.54 Å². The number of nitrogens with one attached hydrogen (secondary N) is 1. The van der Waals surface area contributed by atoms with E-state index in [2.05, 4.69) is 10.2 Å². The molecule has 3 aliphatic rings. The highest BCUT2D eigenvalue weighted by atomic mass is 16.2. The van der Waals surface area contributed by atoms with E-state index >= 15 is 0 Å². The normalized spacial score (nSPS) is 30.7. The summed E-state index contributed by atoms with van der Waals surface area (Å²) in [6.07, 6.45) is 5.58. The number of hydrogen-bond acceptors (Lipinski definition) is 4. The summed E-state index contributed by atoms with van der Waals surface area (Å²) in [7, 11) is 0. The fourth-order valence-corrected chi connectivity index (χ4v) is 5.30. The van der Waals surface area contributed by atoms with Gasteiger partial charge in [0.1, 0.15) is 0 Å². The van der Waals surface area contributed by atoms with Crippen LogP contribution in [0.4, 0.5) is 5.69 Å². The first-order valence-electron chi connectivity index (χ1n) is 10.7. The molecule has 1 saturated heterocycles. The van der Waals surface area contributed by atoms with Crippen molar-refractivity contribution in [2.45, 2.75) is 38.1 Å². The average Bonchev–Trinajstić information content (AvgIpc) is 2.68. The van der Waals surface area contributed by atoms with Crippen molar-refractivity contribution in [2.75, 3.05) is 38.0 Å². The molecule has 28 heavy (non-hydrogen) atoms. The smallest absolute Gasteiger partial charge is 0.238 e. The molecule has 2 aliphatic carbocycles. The summed E-state index contributed by atoms with van der Waals surface area (Å²) in [6, 6.07) is 9.83. The molecule has 3 fully saturated rings. The van der Waals surface area contributed by atoms with E-state index < -0.39 is 0 Å².